The van der Waals surface area contributed by atoms with Gasteiger partial charge in [0.1, 0.15) is 6.54 Å². The van der Waals surface area contributed by atoms with Crippen molar-refractivity contribution in [3.05, 3.63) is 0 Å². The van der Waals surface area contributed by atoms with E-state index in [1.807, 2.05) is 5.32 Å². The Morgan fingerprint density at radius 2 is 1.81 bits per heavy atom. The Hall–Kier alpha value is -1.66. The number of rotatable bonds is 5. The van der Waals surface area contributed by atoms with Crippen LogP contribution in [0.25, 0.3) is 0 Å². The largest absolute Gasteiger partial charge is 0.348 e. The van der Waals surface area contributed by atoms with E-state index in [4.69, 9.17) is 10.4 Å². The number of amides is 2. The third-order valence-electron chi connectivity index (χ3n) is 1.43. The molecule has 4 N–H and O–H groups in total. The number of nitrogens with zero attached hydrogens (tertiary/aromatic N) is 1. The monoisotopic (exact) mass is 248 g/mol. The van der Waals surface area contributed by atoms with Gasteiger partial charge in [0, 0.05) is 6.54 Å². The van der Waals surface area contributed by atoms with E-state index in [-0.39, 0.29) is 25.3 Å². The Morgan fingerprint density at radius 1 is 1.25 bits per heavy atom. The van der Waals surface area contributed by atoms with Crippen molar-refractivity contribution < 1.29 is 18.0 Å². The Balaban J connectivity index is 3.74. The number of primary sulfonamides is 1. The highest BCUT2D eigenvalue weighted by Crippen LogP contribution is 1.83. The van der Waals surface area contributed by atoms with Crippen LogP contribution in [-0.4, -0.2) is 39.1 Å². The van der Waals surface area contributed by atoms with Gasteiger partial charge in [0.25, 0.3) is 0 Å². The van der Waals surface area contributed by atoms with E-state index in [1.54, 1.807) is 6.07 Å². The minimum absolute atomic E-state index is 0.0231. The molecule has 0 rings (SSSR count). The van der Waals surface area contributed by atoms with Gasteiger partial charge in [-0.1, -0.05) is 0 Å². The fraction of sp³-hybridized carbons (Fsp3) is 0.571. The number of carbonyl (C=O) groups excluding carboxylic acids is 2. The van der Waals surface area contributed by atoms with Crippen LogP contribution in [0.3, 0.4) is 0 Å². The van der Waals surface area contributed by atoms with Crippen LogP contribution in [0.2, 0.25) is 0 Å². The zero-order valence-corrected chi connectivity index (χ0v) is 9.21. The highest BCUT2D eigenvalue weighted by molar-refractivity contribution is 7.89. The van der Waals surface area contributed by atoms with E-state index in [0.717, 1.165) is 0 Å². The number of nitriles is 1. The van der Waals surface area contributed by atoms with Crippen molar-refractivity contribution in [2.24, 2.45) is 5.14 Å². The van der Waals surface area contributed by atoms with Crippen LogP contribution in [0, 0.1) is 11.3 Å². The average Bonchev–Trinajstić information content (AvgIpc) is 2.19. The molecule has 0 radical (unpaired) electrons. The first-order chi connectivity index (χ1) is 7.37. The molecule has 0 atom stereocenters. The lowest BCUT2D eigenvalue weighted by Crippen LogP contribution is -2.40. The second-order valence-electron chi connectivity index (χ2n) is 2.82. The number of nitrogens with two attached hydrogens (primary N) is 1. The first-order valence-corrected chi connectivity index (χ1v) is 6.02. The summed E-state index contributed by atoms with van der Waals surface area (Å²) in [5.74, 6) is -2.12. The molecule has 0 unspecified atom stereocenters. The molecule has 2 amide bonds. The van der Waals surface area contributed by atoms with Crippen molar-refractivity contribution in [2.45, 2.75) is 6.42 Å². The third kappa shape index (κ3) is 7.72. The van der Waals surface area contributed by atoms with Crippen LogP contribution in [0.1, 0.15) is 6.42 Å². The fourth-order valence-electron chi connectivity index (χ4n) is 0.756. The number of carbonyl (C=O) groups is 2. The predicted molar refractivity (Wildman–Crippen MR) is 54.2 cm³/mol. The molecule has 0 aromatic carbocycles. The molecule has 8 nitrogen and oxygen atoms in total. The number of hydrogen-bond donors (Lipinski definition) is 3. The molecule has 0 aliphatic carbocycles. The fourth-order valence-corrected chi connectivity index (χ4v) is 1.30. The topological polar surface area (TPSA) is 142 Å². The van der Waals surface area contributed by atoms with E-state index in [1.165, 1.54) is 0 Å². The third-order valence-corrected chi connectivity index (χ3v) is 2.28. The minimum Gasteiger partial charge on any atom is -0.348 e. The number of sulfonamides is 1. The molecule has 0 aromatic heterocycles. The van der Waals surface area contributed by atoms with E-state index in [0.29, 0.717) is 0 Å². The minimum atomic E-state index is -3.55. The first-order valence-electron chi connectivity index (χ1n) is 4.30. The van der Waals surface area contributed by atoms with E-state index in [9.17, 15) is 18.0 Å². The molecule has 0 saturated heterocycles. The maximum atomic E-state index is 11.0. The molecule has 0 aliphatic heterocycles. The second kappa shape index (κ2) is 6.76. The van der Waals surface area contributed by atoms with Crippen molar-refractivity contribution >= 4 is 21.8 Å². The van der Waals surface area contributed by atoms with Crippen LogP contribution in [0.5, 0.6) is 0 Å². The summed E-state index contributed by atoms with van der Waals surface area (Å²) in [6.45, 7) is -0.237. The Morgan fingerprint density at radius 3 is 2.31 bits per heavy atom. The smallest absolute Gasteiger partial charge is 0.310 e. The first kappa shape index (κ1) is 14.3. The highest BCUT2D eigenvalue weighted by atomic mass is 32.2. The summed E-state index contributed by atoms with van der Waals surface area (Å²) in [6, 6.07) is 1.63. The van der Waals surface area contributed by atoms with Gasteiger partial charge in [0.2, 0.25) is 10.0 Å². The van der Waals surface area contributed by atoms with Crippen molar-refractivity contribution in [3.63, 3.8) is 0 Å². The molecule has 0 bridgehead atoms. The molecule has 90 valence electrons. The second-order valence-corrected chi connectivity index (χ2v) is 4.55. The van der Waals surface area contributed by atoms with Gasteiger partial charge in [-0.25, -0.2) is 13.6 Å². The van der Waals surface area contributed by atoms with Crippen molar-refractivity contribution in [1.82, 2.24) is 10.6 Å². The molecule has 0 saturated carbocycles. The molecular formula is C7H12N4O4S. The van der Waals surface area contributed by atoms with Crippen LogP contribution < -0.4 is 15.8 Å². The van der Waals surface area contributed by atoms with Crippen molar-refractivity contribution in [1.29, 1.82) is 5.26 Å². The van der Waals surface area contributed by atoms with E-state index in [2.05, 4.69) is 5.32 Å². The van der Waals surface area contributed by atoms with Gasteiger partial charge < -0.3 is 10.6 Å². The van der Waals surface area contributed by atoms with Gasteiger partial charge in [0.05, 0.1) is 11.8 Å². The summed E-state index contributed by atoms with van der Waals surface area (Å²) in [6.07, 6.45) is 0.121. The molecule has 9 heteroatoms. The molecule has 0 spiro atoms. The zero-order valence-electron chi connectivity index (χ0n) is 8.39. The maximum Gasteiger partial charge on any atom is 0.310 e. The SMILES string of the molecule is N#CCNC(=O)C(=O)NCCCS(N)(=O)=O. The lowest BCUT2D eigenvalue weighted by molar-refractivity contribution is -0.139. The molecule has 0 aliphatic rings. The Bertz CT molecular complexity index is 397. The van der Waals surface area contributed by atoms with E-state index >= 15 is 0 Å². The normalized spacial score (nSPS) is 10.2. The summed E-state index contributed by atoms with van der Waals surface area (Å²) >= 11 is 0. The molecule has 0 aromatic rings. The lowest BCUT2D eigenvalue weighted by atomic mass is 10.4. The van der Waals surface area contributed by atoms with Gasteiger partial charge in [0.15, 0.2) is 0 Å². The van der Waals surface area contributed by atoms with Gasteiger partial charge in [-0.2, -0.15) is 5.26 Å². The van der Waals surface area contributed by atoms with Gasteiger partial charge in [-0.3, -0.25) is 9.59 Å². The Labute approximate surface area is 92.8 Å². The van der Waals surface area contributed by atoms with Crippen LogP contribution in [0.4, 0.5) is 0 Å². The van der Waals surface area contributed by atoms with Crippen molar-refractivity contribution in [3.8, 4) is 6.07 Å². The predicted octanol–water partition coefficient (Wildman–Crippen LogP) is -2.58. The Kier molecular flexibility index (Phi) is 6.06. The van der Waals surface area contributed by atoms with Crippen LogP contribution in [0.15, 0.2) is 0 Å². The number of nitrogens with one attached hydrogen (secondary N) is 2. The zero-order chi connectivity index (χ0) is 12.6. The van der Waals surface area contributed by atoms with Gasteiger partial charge >= 0.3 is 11.8 Å². The van der Waals surface area contributed by atoms with Crippen LogP contribution >= 0.6 is 0 Å². The van der Waals surface area contributed by atoms with Crippen LogP contribution in [-0.2, 0) is 19.6 Å². The van der Waals surface area contributed by atoms with Crippen molar-refractivity contribution in [2.75, 3.05) is 18.8 Å². The summed E-state index contributed by atoms with van der Waals surface area (Å²) < 4.78 is 21.0. The van der Waals surface area contributed by atoms with Gasteiger partial charge in [-0.05, 0) is 6.42 Å². The molecule has 0 fully saturated rings. The summed E-state index contributed by atoms with van der Waals surface area (Å²) in [5, 5.41) is 17.1. The maximum absolute atomic E-state index is 11.0. The summed E-state index contributed by atoms with van der Waals surface area (Å²) in [7, 11) is -3.55. The quantitative estimate of drug-likeness (QED) is 0.278. The molecular weight excluding hydrogens is 236 g/mol. The molecule has 16 heavy (non-hydrogen) atoms. The molecule has 0 heterocycles. The average molecular weight is 248 g/mol. The highest BCUT2D eigenvalue weighted by Gasteiger charge is 2.11. The number of hydrogen-bond acceptors (Lipinski definition) is 5. The summed E-state index contributed by atoms with van der Waals surface area (Å²) in [4.78, 5) is 21.8. The van der Waals surface area contributed by atoms with Gasteiger partial charge in [-0.15, -0.1) is 0 Å². The standard InChI is InChI=1S/C7H12N4O4S/c8-2-4-11-7(13)6(12)10-3-1-5-16(9,14)15/h1,3-5H2,(H,10,12)(H,11,13)(H2,9,14,15). The summed E-state index contributed by atoms with van der Waals surface area (Å²) in [5.41, 5.74) is 0. The van der Waals surface area contributed by atoms with E-state index < -0.39 is 21.8 Å². The lowest BCUT2D eigenvalue weighted by Gasteiger charge is -2.03.